The zero-order valence-corrected chi connectivity index (χ0v) is 12.8. The first-order valence-electron chi connectivity index (χ1n) is 6.93. The Hall–Kier alpha value is -1.59. The molecule has 2 rings (SSSR count). The minimum absolute atomic E-state index is 0.344. The summed E-state index contributed by atoms with van der Waals surface area (Å²) in [6, 6.07) is 7.87. The highest BCUT2D eigenvalue weighted by atomic mass is 16.6. The zero-order valence-electron chi connectivity index (χ0n) is 12.8. The van der Waals surface area contributed by atoms with Crippen LogP contribution in [0.15, 0.2) is 24.3 Å². The molecule has 20 heavy (non-hydrogen) atoms. The molecule has 0 radical (unpaired) electrons. The number of ether oxygens (including phenoxy) is 1. The average molecular weight is 278 g/mol. The van der Waals surface area contributed by atoms with E-state index < -0.39 is 0 Å². The van der Waals surface area contributed by atoms with Gasteiger partial charge in [-0.1, -0.05) is 6.07 Å². The molecule has 0 N–H and O–H groups in total. The summed E-state index contributed by atoms with van der Waals surface area (Å²) < 4.78 is 6.23. The van der Waals surface area contributed by atoms with Gasteiger partial charge in [0, 0.05) is 33.3 Å². The van der Waals surface area contributed by atoms with Gasteiger partial charge in [0.1, 0.15) is 11.4 Å². The number of hydrogen-bond acceptors (Lipinski definition) is 3. The van der Waals surface area contributed by atoms with Crippen molar-refractivity contribution in [3.63, 3.8) is 0 Å². The van der Waals surface area contributed by atoms with Gasteiger partial charge in [0.15, 0.2) is 0 Å². The summed E-state index contributed by atoms with van der Waals surface area (Å²) in [6.45, 7) is 4.31. The van der Waals surface area contributed by atoms with Crippen molar-refractivity contribution in [1.82, 2.24) is 14.3 Å². The predicted octanol–water partition coefficient (Wildman–Crippen LogP) is 1.63. The lowest BCUT2D eigenvalue weighted by molar-refractivity contribution is 0.170. The third-order valence-electron chi connectivity index (χ3n) is 3.96. The fourth-order valence-electron chi connectivity index (χ4n) is 2.34. The van der Waals surface area contributed by atoms with Crippen LogP contribution in [0.2, 0.25) is 0 Å². The van der Waals surface area contributed by atoms with Crippen LogP contribution in [0.4, 0.5) is 10.5 Å². The molecule has 1 amide bonds. The van der Waals surface area contributed by atoms with Crippen LogP contribution < -0.4 is 9.22 Å². The van der Waals surface area contributed by atoms with Gasteiger partial charge < -0.3 is 9.64 Å². The van der Waals surface area contributed by atoms with Gasteiger partial charge >= 0.3 is 6.09 Å². The van der Waals surface area contributed by atoms with Crippen molar-refractivity contribution in [2.24, 2.45) is 0 Å². The van der Waals surface area contributed by atoms with Crippen LogP contribution >= 0.6 is 0 Å². The smallest absolute Gasteiger partial charge is 0.410 e. The predicted molar refractivity (Wildman–Crippen MR) is 81.1 cm³/mol. The Labute approximate surface area is 120 Å². The highest BCUT2D eigenvalue weighted by Crippen LogP contribution is 2.27. The number of piperazine rings is 1. The molecule has 1 aromatic rings. The molecule has 110 valence electrons. The summed E-state index contributed by atoms with van der Waals surface area (Å²) in [5, 5.41) is 0. The Morgan fingerprint density at radius 3 is 2.55 bits per heavy atom. The van der Waals surface area contributed by atoms with E-state index in [9.17, 15) is 4.79 Å². The highest BCUT2D eigenvalue weighted by Gasteiger charge is 2.30. The highest BCUT2D eigenvalue weighted by molar-refractivity contribution is 5.70. The zero-order chi connectivity index (χ0) is 14.8. The second-order valence-electron chi connectivity index (χ2n) is 5.91. The Morgan fingerprint density at radius 2 is 1.95 bits per heavy atom. The Bertz CT molecular complexity index is 480. The van der Waals surface area contributed by atoms with Crippen molar-refractivity contribution in [3.8, 4) is 5.75 Å². The topological polar surface area (TPSA) is 32.8 Å². The van der Waals surface area contributed by atoms with Crippen LogP contribution in [0.1, 0.15) is 0 Å². The molecule has 0 unspecified atom stereocenters. The molecule has 5 heteroatoms. The maximum atomic E-state index is 11.6. The van der Waals surface area contributed by atoms with Crippen molar-refractivity contribution in [3.05, 3.63) is 24.3 Å². The molecule has 0 saturated carbocycles. The van der Waals surface area contributed by atoms with Crippen LogP contribution in [-0.2, 0) is 0 Å². The lowest BCUT2D eigenvalue weighted by atomic mass is 10.2. The van der Waals surface area contributed by atoms with Gasteiger partial charge in [0.05, 0.1) is 20.1 Å². The van der Waals surface area contributed by atoms with Crippen molar-refractivity contribution >= 4 is 11.8 Å². The van der Waals surface area contributed by atoms with Gasteiger partial charge in [-0.05, 0) is 19.2 Å². The first-order chi connectivity index (χ1) is 9.40. The van der Waals surface area contributed by atoms with Crippen LogP contribution in [0.25, 0.3) is 0 Å². The fourth-order valence-corrected chi connectivity index (χ4v) is 2.34. The maximum Gasteiger partial charge on any atom is 0.414 e. The second-order valence-corrected chi connectivity index (χ2v) is 5.91. The molecule has 1 aromatic carbocycles. The quantitative estimate of drug-likeness (QED) is 0.771. The molecule has 0 spiro atoms. The number of carbonyl (C=O) groups excluding carboxylic acids is 1. The third kappa shape index (κ3) is 3.29. The van der Waals surface area contributed by atoms with E-state index in [2.05, 4.69) is 25.1 Å². The molecule has 1 aliphatic rings. The number of hydrogen-bond donors (Lipinski definition) is 0. The fraction of sp³-hybridized carbons (Fsp3) is 0.533. The number of nitrogens with zero attached hydrogens (tertiary/aromatic N) is 3. The van der Waals surface area contributed by atoms with Crippen LogP contribution in [0.5, 0.6) is 5.75 Å². The van der Waals surface area contributed by atoms with Crippen molar-refractivity contribution in [2.45, 2.75) is 0 Å². The molecule has 5 nitrogen and oxygen atoms in total. The molecule has 1 heterocycles. The lowest BCUT2D eigenvalue weighted by Crippen LogP contribution is -2.57. The molecular weight excluding hydrogens is 254 g/mol. The summed E-state index contributed by atoms with van der Waals surface area (Å²) in [4.78, 5) is 15.4. The Kier molecular flexibility index (Phi) is 4.30. The van der Waals surface area contributed by atoms with E-state index >= 15 is 0 Å². The Morgan fingerprint density at radius 1 is 1.30 bits per heavy atom. The number of amides is 1. The standard InChI is InChI=1S/C15H24N3O2/c1-16(2)15(19)20-14-7-5-6-13(12-14)18(4)10-8-17(3)9-11-18/h5-7,12H,8-11H2,1-4H3/q+1. The second kappa shape index (κ2) is 5.81. The monoisotopic (exact) mass is 278 g/mol. The molecular formula is C15H24N3O2+. The molecule has 0 atom stereocenters. The number of carbonyl (C=O) groups is 1. The largest absolute Gasteiger partial charge is 0.414 e. The minimum Gasteiger partial charge on any atom is -0.410 e. The lowest BCUT2D eigenvalue weighted by Gasteiger charge is -2.40. The van der Waals surface area contributed by atoms with Crippen molar-refractivity contribution in [2.75, 3.05) is 54.4 Å². The molecule has 0 aromatic heterocycles. The molecule has 1 saturated heterocycles. The Balaban J connectivity index is 2.15. The van der Waals surface area contributed by atoms with Crippen LogP contribution in [-0.4, -0.2) is 70.3 Å². The third-order valence-corrected chi connectivity index (χ3v) is 3.96. The van der Waals surface area contributed by atoms with Crippen molar-refractivity contribution < 1.29 is 9.53 Å². The van der Waals surface area contributed by atoms with Gasteiger partial charge in [0.2, 0.25) is 0 Å². The van der Waals surface area contributed by atoms with Gasteiger partial charge in [-0.15, -0.1) is 0 Å². The van der Waals surface area contributed by atoms with Crippen molar-refractivity contribution in [1.29, 1.82) is 0 Å². The van der Waals surface area contributed by atoms with E-state index in [1.165, 1.54) is 10.6 Å². The number of quaternary nitrogens is 1. The summed E-state index contributed by atoms with van der Waals surface area (Å²) in [5.41, 5.74) is 1.20. The SMILES string of the molecule is CN1CC[N+](C)(c2cccc(OC(=O)N(C)C)c2)CC1. The van der Waals surface area contributed by atoms with Crippen LogP contribution in [0.3, 0.4) is 0 Å². The van der Waals surface area contributed by atoms with E-state index in [-0.39, 0.29) is 6.09 Å². The summed E-state index contributed by atoms with van der Waals surface area (Å²) in [7, 11) is 7.75. The normalized spacial score (nSPS) is 18.6. The molecule has 1 fully saturated rings. The number of benzene rings is 1. The van der Waals surface area contributed by atoms with Gasteiger partial charge in [-0.2, -0.15) is 0 Å². The average Bonchev–Trinajstić information content (AvgIpc) is 2.42. The van der Waals surface area contributed by atoms with E-state index in [4.69, 9.17) is 4.74 Å². The molecule has 0 aliphatic carbocycles. The van der Waals surface area contributed by atoms with Crippen LogP contribution in [0, 0.1) is 0 Å². The summed E-state index contributed by atoms with van der Waals surface area (Å²) >= 11 is 0. The van der Waals surface area contributed by atoms with E-state index in [0.29, 0.717) is 5.75 Å². The van der Waals surface area contributed by atoms with Gasteiger partial charge in [-0.3, -0.25) is 9.38 Å². The molecule has 1 aliphatic heterocycles. The van der Waals surface area contributed by atoms with Gasteiger partial charge in [-0.25, -0.2) is 4.79 Å². The first-order valence-corrected chi connectivity index (χ1v) is 6.93. The first kappa shape index (κ1) is 14.8. The molecule has 0 bridgehead atoms. The number of rotatable bonds is 2. The van der Waals surface area contributed by atoms with E-state index in [1.54, 1.807) is 14.1 Å². The van der Waals surface area contributed by atoms with E-state index in [1.807, 2.05) is 18.2 Å². The van der Waals surface area contributed by atoms with E-state index in [0.717, 1.165) is 30.7 Å². The summed E-state index contributed by atoms with van der Waals surface area (Å²) in [5.74, 6) is 0.611. The van der Waals surface area contributed by atoms with Gasteiger partial charge in [0.25, 0.3) is 0 Å². The number of likely N-dealkylation sites (N-methyl/N-ethyl adjacent to an activating group) is 2. The maximum absolute atomic E-state index is 11.6. The minimum atomic E-state index is -0.344. The summed E-state index contributed by atoms with van der Waals surface area (Å²) in [6.07, 6.45) is -0.344.